The topological polar surface area (TPSA) is 44.0 Å². The van der Waals surface area contributed by atoms with Crippen LogP contribution in [-0.4, -0.2) is 41.0 Å². The van der Waals surface area contributed by atoms with Crippen LogP contribution in [0.1, 0.15) is 38.4 Å². The van der Waals surface area contributed by atoms with Crippen molar-refractivity contribution in [3.8, 4) is 0 Å². The van der Waals surface area contributed by atoms with Gasteiger partial charge in [0.25, 0.3) is 0 Å². The van der Waals surface area contributed by atoms with Gasteiger partial charge in [-0.2, -0.15) is 0 Å². The van der Waals surface area contributed by atoms with Gasteiger partial charge >= 0.3 is 0 Å². The van der Waals surface area contributed by atoms with Crippen LogP contribution >= 0.6 is 12.2 Å². The highest BCUT2D eigenvalue weighted by atomic mass is 32.1. The average molecular weight is 266 g/mol. The summed E-state index contributed by atoms with van der Waals surface area (Å²) >= 11 is 5.20. The van der Waals surface area contributed by atoms with Gasteiger partial charge in [-0.3, -0.25) is 0 Å². The van der Waals surface area contributed by atoms with Crippen molar-refractivity contribution in [1.29, 1.82) is 0 Å². The van der Waals surface area contributed by atoms with Crippen molar-refractivity contribution in [3.05, 3.63) is 16.5 Å². The molecule has 0 amide bonds. The lowest BCUT2D eigenvalue weighted by Crippen LogP contribution is -2.28. The number of hydrogen-bond acceptors (Lipinski definition) is 4. The summed E-state index contributed by atoms with van der Waals surface area (Å²) < 4.78 is 0.681. The molecule has 0 aromatic carbocycles. The Morgan fingerprint density at radius 1 is 1.44 bits per heavy atom. The van der Waals surface area contributed by atoms with E-state index in [1.54, 1.807) is 0 Å². The van der Waals surface area contributed by atoms with Crippen molar-refractivity contribution in [2.75, 3.05) is 31.5 Å². The van der Waals surface area contributed by atoms with Gasteiger partial charge in [-0.05, 0) is 25.9 Å². The number of rotatable bonds is 7. The molecule has 1 aromatic heterocycles. The quantitative estimate of drug-likeness (QED) is 0.745. The second-order valence-corrected chi connectivity index (χ2v) is 5.16. The van der Waals surface area contributed by atoms with Crippen LogP contribution in [0.3, 0.4) is 0 Å². The predicted octanol–water partition coefficient (Wildman–Crippen LogP) is 2.77. The molecule has 0 radical (unpaired) electrons. The summed E-state index contributed by atoms with van der Waals surface area (Å²) in [5.74, 6) is 2.66. The van der Waals surface area contributed by atoms with Gasteiger partial charge in [0.15, 0.2) is 0 Å². The minimum Gasteiger partial charge on any atom is -0.370 e. The van der Waals surface area contributed by atoms with Gasteiger partial charge in [-0.1, -0.05) is 26.1 Å². The summed E-state index contributed by atoms with van der Waals surface area (Å²) in [5, 5.41) is 3.40. The molecule has 0 aliphatic heterocycles. The van der Waals surface area contributed by atoms with E-state index >= 15 is 0 Å². The zero-order chi connectivity index (χ0) is 13.0. The van der Waals surface area contributed by atoms with Crippen LogP contribution < -0.4 is 5.32 Å². The fraction of sp³-hybridized carbons (Fsp3) is 0.692. The largest absolute Gasteiger partial charge is 0.370 e. The van der Waals surface area contributed by atoms with Crippen molar-refractivity contribution in [3.63, 3.8) is 0 Å². The highest BCUT2D eigenvalue weighted by molar-refractivity contribution is 7.71. The lowest BCUT2D eigenvalue weighted by atomic mass is 10.4. The average Bonchev–Trinajstić information content (AvgIpc) is 3.18. The van der Waals surface area contributed by atoms with Gasteiger partial charge < -0.3 is 15.2 Å². The molecular weight excluding hydrogens is 244 g/mol. The monoisotopic (exact) mass is 266 g/mol. The first-order valence-corrected chi connectivity index (χ1v) is 7.21. The van der Waals surface area contributed by atoms with E-state index in [0.29, 0.717) is 10.6 Å². The number of H-pyrrole nitrogens is 1. The van der Waals surface area contributed by atoms with Gasteiger partial charge in [0.1, 0.15) is 16.3 Å². The van der Waals surface area contributed by atoms with Crippen LogP contribution in [0.15, 0.2) is 6.07 Å². The zero-order valence-electron chi connectivity index (χ0n) is 11.2. The molecule has 100 valence electrons. The third kappa shape index (κ3) is 3.78. The van der Waals surface area contributed by atoms with Crippen molar-refractivity contribution in [2.45, 2.75) is 32.6 Å². The molecule has 2 rings (SSSR count). The molecule has 4 nitrogen and oxygen atoms in total. The van der Waals surface area contributed by atoms with Gasteiger partial charge in [0.05, 0.1) is 0 Å². The summed E-state index contributed by atoms with van der Waals surface area (Å²) in [6.45, 7) is 8.55. The molecule has 0 unspecified atom stereocenters. The molecule has 0 saturated heterocycles. The molecule has 0 bridgehead atoms. The molecule has 0 spiro atoms. The highest BCUT2D eigenvalue weighted by Crippen LogP contribution is 2.38. The van der Waals surface area contributed by atoms with Gasteiger partial charge in [0.2, 0.25) is 0 Å². The Morgan fingerprint density at radius 2 is 2.17 bits per heavy atom. The number of nitrogens with one attached hydrogen (secondary N) is 2. The van der Waals surface area contributed by atoms with Gasteiger partial charge in [0, 0.05) is 25.1 Å². The molecule has 5 heteroatoms. The first-order valence-electron chi connectivity index (χ1n) is 6.80. The number of anilines is 1. The van der Waals surface area contributed by atoms with Crippen molar-refractivity contribution >= 4 is 18.0 Å². The summed E-state index contributed by atoms with van der Waals surface area (Å²) in [4.78, 5) is 10.1. The predicted molar refractivity (Wildman–Crippen MR) is 77.7 cm³/mol. The van der Waals surface area contributed by atoms with E-state index in [1.165, 1.54) is 12.8 Å². The molecule has 18 heavy (non-hydrogen) atoms. The van der Waals surface area contributed by atoms with Crippen LogP contribution in [0.25, 0.3) is 0 Å². The standard InChI is InChI=1S/C13H22N4S/c1-3-17(4-2)8-7-14-11-9-12(18)16-13(15-11)10-5-6-10/h9-10H,3-8H2,1-2H3,(H2,14,15,16,18). The lowest BCUT2D eigenvalue weighted by molar-refractivity contribution is 0.316. The fourth-order valence-corrected chi connectivity index (χ4v) is 2.23. The lowest BCUT2D eigenvalue weighted by Gasteiger charge is -2.18. The Hall–Kier alpha value is -0.940. The number of hydrogen-bond donors (Lipinski definition) is 2. The van der Waals surface area contributed by atoms with Crippen LogP contribution in [0.5, 0.6) is 0 Å². The second kappa shape index (κ2) is 6.29. The third-order valence-electron chi connectivity index (χ3n) is 3.36. The van der Waals surface area contributed by atoms with Crippen LogP contribution in [-0.2, 0) is 0 Å². The highest BCUT2D eigenvalue weighted by Gasteiger charge is 2.25. The fourth-order valence-electron chi connectivity index (χ4n) is 2.01. The Kier molecular flexibility index (Phi) is 4.72. The zero-order valence-corrected chi connectivity index (χ0v) is 12.0. The summed E-state index contributed by atoms with van der Waals surface area (Å²) in [5.41, 5.74) is 0. The van der Waals surface area contributed by atoms with Gasteiger partial charge in [-0.25, -0.2) is 4.98 Å². The van der Waals surface area contributed by atoms with E-state index in [-0.39, 0.29) is 0 Å². The van der Waals surface area contributed by atoms with Crippen molar-refractivity contribution in [2.24, 2.45) is 0 Å². The number of likely N-dealkylation sites (N-methyl/N-ethyl adjacent to an activating group) is 1. The van der Waals surface area contributed by atoms with E-state index in [2.05, 4.69) is 34.0 Å². The van der Waals surface area contributed by atoms with E-state index in [0.717, 1.165) is 37.8 Å². The summed E-state index contributed by atoms with van der Waals surface area (Å²) in [6, 6.07) is 1.91. The van der Waals surface area contributed by atoms with Crippen LogP contribution in [0, 0.1) is 4.64 Å². The van der Waals surface area contributed by atoms with E-state index in [4.69, 9.17) is 12.2 Å². The molecule has 1 aliphatic carbocycles. The summed E-state index contributed by atoms with van der Waals surface area (Å²) in [7, 11) is 0. The smallest absolute Gasteiger partial charge is 0.131 e. The Labute approximate surface area is 114 Å². The Balaban J connectivity index is 1.90. The van der Waals surface area contributed by atoms with E-state index < -0.39 is 0 Å². The van der Waals surface area contributed by atoms with Crippen molar-refractivity contribution in [1.82, 2.24) is 14.9 Å². The maximum atomic E-state index is 5.20. The number of nitrogens with zero attached hydrogens (tertiary/aromatic N) is 2. The maximum Gasteiger partial charge on any atom is 0.131 e. The van der Waals surface area contributed by atoms with Crippen molar-refractivity contribution < 1.29 is 0 Å². The second-order valence-electron chi connectivity index (χ2n) is 4.75. The minimum atomic E-state index is 0.608. The minimum absolute atomic E-state index is 0.608. The third-order valence-corrected chi connectivity index (χ3v) is 3.57. The molecule has 1 heterocycles. The first-order chi connectivity index (χ1) is 8.72. The van der Waals surface area contributed by atoms with E-state index in [1.807, 2.05) is 6.07 Å². The Morgan fingerprint density at radius 3 is 2.78 bits per heavy atom. The molecular formula is C13H22N4S. The number of aromatic amines is 1. The van der Waals surface area contributed by atoms with Crippen LogP contribution in [0.2, 0.25) is 0 Å². The maximum absolute atomic E-state index is 5.20. The Bertz CT molecular complexity index is 435. The molecule has 1 aliphatic rings. The van der Waals surface area contributed by atoms with Gasteiger partial charge in [-0.15, -0.1) is 0 Å². The summed E-state index contributed by atoms with van der Waals surface area (Å²) in [6.07, 6.45) is 2.47. The molecule has 1 fully saturated rings. The normalized spacial score (nSPS) is 15.1. The first kappa shape index (κ1) is 13.5. The molecule has 1 saturated carbocycles. The van der Waals surface area contributed by atoms with Crippen LogP contribution in [0.4, 0.5) is 5.82 Å². The SMILES string of the molecule is CCN(CC)CCNc1cc(=S)nc(C2CC2)[nH]1. The molecule has 1 aromatic rings. The molecule has 0 atom stereocenters. The molecule has 2 N–H and O–H groups in total. The van der Waals surface area contributed by atoms with E-state index in [9.17, 15) is 0 Å². The number of aromatic nitrogens is 2.